The van der Waals surface area contributed by atoms with Crippen LogP contribution in [-0.2, 0) is 0 Å². The number of para-hydroxylation sites is 8. The summed E-state index contributed by atoms with van der Waals surface area (Å²) in [5.74, 6) is 1.38. The SMILES string of the molecule is CC1=C(C)C(c2cc(-c3ccc(-c4nc5ccccc5o4)c(C)c3C)cc(-n3c4ccc(N(c5ccccc5)c5ccccc5)cc4c4cc(N(c5ccccc5)c5ccccc5)ccc43)c2)CC=C1c1nc2ccccc2o1. The molecular formula is C72H55N5O2. The lowest BCUT2D eigenvalue weighted by Crippen LogP contribution is -2.10. The van der Waals surface area contributed by atoms with E-state index in [1.54, 1.807) is 0 Å². The molecule has 0 saturated heterocycles. The van der Waals surface area contributed by atoms with Gasteiger partial charge in [0.25, 0.3) is 0 Å². The molecular weight excluding hydrogens is 967 g/mol. The maximum atomic E-state index is 6.39. The standard InChI is InChI=1S/C72H55N5O2/c1-46-48(3)61(71-73-65-29-17-19-31-69(65)78-71)37-35-59(46)50-41-51(60-36-38-62(49(4)47(60)2)72-74-66-30-18-20-32-70(66)79-72)43-58(42-50)77-67-39-33-56(75(52-21-9-5-10-22-52)53-23-11-6-12-24-53)44-63(67)64-45-57(34-40-68(64)77)76(54-25-13-7-14-26-54)55-27-15-8-16-28-55/h5-35,37-45,60H,36H2,1-4H3. The Bertz CT molecular complexity index is 4230. The van der Waals surface area contributed by atoms with Crippen LogP contribution in [0.1, 0.15) is 48.8 Å². The molecule has 0 spiro atoms. The second-order valence-electron chi connectivity index (χ2n) is 20.7. The van der Waals surface area contributed by atoms with E-state index in [1.807, 2.05) is 48.5 Å². The zero-order chi connectivity index (χ0) is 53.1. The van der Waals surface area contributed by atoms with E-state index in [2.05, 4.69) is 236 Å². The molecule has 7 heteroatoms. The first-order valence-electron chi connectivity index (χ1n) is 27.1. The Morgan fingerprint density at radius 1 is 0.430 bits per heavy atom. The van der Waals surface area contributed by atoms with E-state index in [0.717, 1.165) is 118 Å². The van der Waals surface area contributed by atoms with Gasteiger partial charge in [0.05, 0.1) is 11.0 Å². The molecule has 1 unspecified atom stereocenters. The van der Waals surface area contributed by atoms with Crippen molar-refractivity contribution in [3.8, 4) is 28.3 Å². The third-order valence-corrected chi connectivity index (χ3v) is 16.1. The zero-order valence-corrected chi connectivity index (χ0v) is 44.4. The first kappa shape index (κ1) is 47.5. The van der Waals surface area contributed by atoms with Gasteiger partial charge in [0, 0.05) is 67.6 Å². The number of anilines is 6. The second-order valence-corrected chi connectivity index (χ2v) is 20.7. The Balaban J connectivity index is 0.992. The van der Waals surface area contributed by atoms with Crippen LogP contribution in [0.15, 0.2) is 263 Å². The maximum absolute atomic E-state index is 6.39. The highest BCUT2D eigenvalue weighted by atomic mass is 16.4. The normalized spacial score (nSPS) is 13.7. The van der Waals surface area contributed by atoms with Crippen LogP contribution >= 0.6 is 0 Å². The van der Waals surface area contributed by atoms with Crippen molar-refractivity contribution in [2.24, 2.45) is 0 Å². The van der Waals surface area contributed by atoms with Crippen molar-refractivity contribution >= 4 is 83.7 Å². The van der Waals surface area contributed by atoms with E-state index >= 15 is 0 Å². The quantitative estimate of drug-likeness (QED) is 0.129. The number of hydrogen-bond donors (Lipinski definition) is 0. The predicted molar refractivity (Wildman–Crippen MR) is 326 cm³/mol. The molecule has 0 saturated carbocycles. The summed E-state index contributed by atoms with van der Waals surface area (Å²) in [5, 5.41) is 2.29. The van der Waals surface area contributed by atoms with Gasteiger partial charge in [0.15, 0.2) is 11.2 Å². The van der Waals surface area contributed by atoms with Crippen molar-refractivity contribution in [1.29, 1.82) is 0 Å². The van der Waals surface area contributed by atoms with Crippen LogP contribution in [0.25, 0.3) is 77.8 Å². The molecule has 0 amide bonds. The maximum Gasteiger partial charge on any atom is 0.227 e. The van der Waals surface area contributed by atoms with Gasteiger partial charge in [-0.25, -0.2) is 9.97 Å². The molecule has 1 aliphatic rings. The van der Waals surface area contributed by atoms with E-state index < -0.39 is 0 Å². The van der Waals surface area contributed by atoms with Gasteiger partial charge in [-0.2, -0.15) is 0 Å². The number of benzene rings is 10. The minimum absolute atomic E-state index is 0.0918. The average Bonchev–Trinajstić information content (AvgIpc) is 4.44. The summed E-state index contributed by atoms with van der Waals surface area (Å²) >= 11 is 0. The van der Waals surface area contributed by atoms with Crippen LogP contribution in [0, 0.1) is 13.8 Å². The van der Waals surface area contributed by atoms with Gasteiger partial charge in [-0.15, -0.1) is 0 Å². The third-order valence-electron chi connectivity index (χ3n) is 16.1. The summed E-state index contributed by atoms with van der Waals surface area (Å²) in [6, 6.07) is 84.2. The first-order valence-corrected chi connectivity index (χ1v) is 27.1. The summed E-state index contributed by atoms with van der Waals surface area (Å²) in [4.78, 5) is 14.6. The lowest BCUT2D eigenvalue weighted by molar-refractivity contribution is 0.582. The lowest BCUT2D eigenvalue weighted by atomic mass is 9.79. The number of nitrogens with zero attached hydrogens (tertiary/aromatic N) is 5. The molecule has 14 rings (SSSR count). The van der Waals surface area contributed by atoms with Gasteiger partial charge in [-0.1, -0.05) is 121 Å². The summed E-state index contributed by atoms with van der Waals surface area (Å²) in [6.45, 7) is 8.92. The van der Waals surface area contributed by atoms with Crippen molar-refractivity contribution in [1.82, 2.24) is 14.5 Å². The topological polar surface area (TPSA) is 63.5 Å². The minimum Gasteiger partial charge on any atom is -0.436 e. The molecule has 0 radical (unpaired) electrons. The molecule has 7 nitrogen and oxygen atoms in total. The molecule has 1 atom stereocenters. The number of oxazole rings is 2. The summed E-state index contributed by atoms with van der Waals surface area (Å²) in [5.41, 5.74) is 23.4. The number of aromatic nitrogens is 3. The number of hydrogen-bond acceptors (Lipinski definition) is 6. The highest BCUT2D eigenvalue weighted by Crippen LogP contribution is 2.47. The molecule has 0 fully saturated rings. The van der Waals surface area contributed by atoms with E-state index in [-0.39, 0.29) is 5.92 Å². The van der Waals surface area contributed by atoms with E-state index in [9.17, 15) is 0 Å². The highest BCUT2D eigenvalue weighted by Gasteiger charge is 2.27. The number of rotatable bonds is 11. The Hall–Kier alpha value is -9.98. The summed E-state index contributed by atoms with van der Waals surface area (Å²) in [6.07, 6.45) is 3.12. The Morgan fingerprint density at radius 2 is 0.886 bits per heavy atom. The van der Waals surface area contributed by atoms with Gasteiger partial charge in [0.1, 0.15) is 11.0 Å². The average molecular weight is 1020 g/mol. The zero-order valence-electron chi connectivity index (χ0n) is 44.4. The fourth-order valence-electron chi connectivity index (χ4n) is 11.9. The van der Waals surface area contributed by atoms with Crippen LogP contribution in [0.4, 0.5) is 34.1 Å². The van der Waals surface area contributed by atoms with Crippen LogP contribution in [0.5, 0.6) is 0 Å². The summed E-state index contributed by atoms with van der Waals surface area (Å²) in [7, 11) is 0. The van der Waals surface area contributed by atoms with E-state index in [0.29, 0.717) is 11.8 Å². The molecule has 10 aromatic carbocycles. The van der Waals surface area contributed by atoms with Gasteiger partial charge in [0.2, 0.25) is 11.8 Å². The van der Waals surface area contributed by atoms with Gasteiger partial charge >= 0.3 is 0 Å². The van der Waals surface area contributed by atoms with Crippen molar-refractivity contribution in [3.63, 3.8) is 0 Å². The van der Waals surface area contributed by atoms with Crippen LogP contribution in [0.2, 0.25) is 0 Å². The number of fused-ring (bicyclic) bond motifs is 5. The minimum atomic E-state index is 0.0918. The molecule has 0 aliphatic heterocycles. The molecule has 1 aliphatic carbocycles. The van der Waals surface area contributed by atoms with Crippen molar-refractivity contribution in [3.05, 3.63) is 276 Å². The van der Waals surface area contributed by atoms with E-state index in [1.165, 1.54) is 22.3 Å². The van der Waals surface area contributed by atoms with Crippen LogP contribution < -0.4 is 9.80 Å². The smallest absolute Gasteiger partial charge is 0.227 e. The Labute approximate surface area is 459 Å². The predicted octanol–water partition coefficient (Wildman–Crippen LogP) is 19.9. The van der Waals surface area contributed by atoms with Gasteiger partial charge in [-0.05, 0) is 195 Å². The Morgan fingerprint density at radius 3 is 1.41 bits per heavy atom. The first-order chi connectivity index (χ1) is 38.8. The van der Waals surface area contributed by atoms with Crippen molar-refractivity contribution in [2.75, 3.05) is 9.80 Å². The monoisotopic (exact) mass is 1020 g/mol. The van der Waals surface area contributed by atoms with Crippen molar-refractivity contribution < 1.29 is 8.83 Å². The molecule has 0 bridgehead atoms. The highest BCUT2D eigenvalue weighted by molar-refractivity contribution is 6.12. The molecule has 0 N–H and O–H groups in total. The molecule has 79 heavy (non-hydrogen) atoms. The molecule has 13 aromatic rings. The second kappa shape index (κ2) is 19.5. The molecule has 3 aromatic heterocycles. The fraction of sp³-hybridized carbons (Fsp3) is 0.0833. The van der Waals surface area contributed by atoms with Crippen LogP contribution in [0.3, 0.4) is 0 Å². The fourth-order valence-corrected chi connectivity index (χ4v) is 11.9. The van der Waals surface area contributed by atoms with Gasteiger partial charge < -0.3 is 23.2 Å². The molecule has 380 valence electrons. The third kappa shape index (κ3) is 8.39. The Kier molecular flexibility index (Phi) is 11.7. The van der Waals surface area contributed by atoms with E-state index in [4.69, 9.17) is 18.8 Å². The summed E-state index contributed by atoms with van der Waals surface area (Å²) < 4.78 is 15.2. The number of allylic oxidation sites excluding steroid dienone is 4. The van der Waals surface area contributed by atoms with Gasteiger partial charge in [-0.3, -0.25) is 0 Å². The molecule has 3 heterocycles. The largest absolute Gasteiger partial charge is 0.436 e. The lowest BCUT2D eigenvalue weighted by Gasteiger charge is -2.27. The van der Waals surface area contributed by atoms with Crippen molar-refractivity contribution in [2.45, 2.75) is 40.0 Å². The van der Waals surface area contributed by atoms with Crippen LogP contribution in [-0.4, -0.2) is 14.5 Å².